The number of nitrogens with zero attached hydrogens (tertiary/aromatic N) is 1. The molecule has 0 aromatic heterocycles. The van der Waals surface area contributed by atoms with Crippen molar-refractivity contribution in [2.24, 2.45) is 16.6 Å². The molecular formula is C26H28F6N4O3. The summed E-state index contributed by atoms with van der Waals surface area (Å²) in [5.74, 6) is -3.82. The van der Waals surface area contributed by atoms with Gasteiger partial charge in [-0.1, -0.05) is 55.5 Å². The van der Waals surface area contributed by atoms with Gasteiger partial charge in [-0.3, -0.25) is 14.4 Å². The highest BCUT2D eigenvalue weighted by molar-refractivity contribution is 6.20. The monoisotopic (exact) mass is 558 g/mol. The number of amides is 3. The van der Waals surface area contributed by atoms with Gasteiger partial charge in [0.2, 0.25) is 18.0 Å². The first kappa shape index (κ1) is 31.3. The maximum absolute atomic E-state index is 12.9. The molecule has 0 bridgehead atoms. The number of benzene rings is 2. The second-order valence-electron chi connectivity index (χ2n) is 8.73. The Morgan fingerprint density at radius 3 is 2.18 bits per heavy atom. The molecule has 3 amide bonds. The van der Waals surface area contributed by atoms with Crippen LogP contribution in [0.5, 0.6) is 0 Å². The van der Waals surface area contributed by atoms with Crippen molar-refractivity contribution in [1.82, 2.24) is 5.32 Å². The summed E-state index contributed by atoms with van der Waals surface area (Å²) in [6, 6.07) is 14.4. The average Bonchev–Trinajstić information content (AvgIpc) is 2.99. The third-order valence-electron chi connectivity index (χ3n) is 5.60. The van der Waals surface area contributed by atoms with Gasteiger partial charge in [0.05, 0.1) is 11.4 Å². The minimum absolute atomic E-state index is 0.430. The summed E-state index contributed by atoms with van der Waals surface area (Å²) in [5.41, 5.74) is 8.17. The van der Waals surface area contributed by atoms with Gasteiger partial charge in [0, 0.05) is 36.3 Å². The molecule has 0 spiro atoms. The largest absolute Gasteiger partial charge is 0.389 e. The number of rotatable bonds is 7. The molecule has 7 nitrogen and oxygen atoms in total. The van der Waals surface area contributed by atoms with Gasteiger partial charge in [0.15, 0.2) is 0 Å². The number of para-hydroxylation sites is 1. The summed E-state index contributed by atoms with van der Waals surface area (Å²) in [4.78, 5) is 41.4. The lowest BCUT2D eigenvalue weighted by Crippen LogP contribution is -2.45. The fourth-order valence-electron chi connectivity index (χ4n) is 3.56. The van der Waals surface area contributed by atoms with Crippen molar-refractivity contribution < 1.29 is 40.7 Å². The molecule has 1 heterocycles. The third kappa shape index (κ3) is 10.1. The van der Waals surface area contributed by atoms with Crippen LogP contribution in [0.4, 0.5) is 32.0 Å². The third-order valence-corrected chi connectivity index (χ3v) is 5.60. The number of carbonyl (C=O) groups is 3. The lowest BCUT2D eigenvalue weighted by molar-refractivity contribution is -0.143. The van der Waals surface area contributed by atoms with E-state index in [4.69, 9.17) is 5.73 Å². The summed E-state index contributed by atoms with van der Waals surface area (Å²) in [7, 11) is 0. The van der Waals surface area contributed by atoms with Crippen molar-refractivity contribution in [3.8, 4) is 0 Å². The lowest BCUT2D eigenvalue weighted by Gasteiger charge is -2.19. The smallest absolute Gasteiger partial charge is 0.370 e. The number of halogens is 6. The average molecular weight is 559 g/mol. The predicted molar refractivity (Wildman–Crippen MR) is 133 cm³/mol. The van der Waals surface area contributed by atoms with E-state index in [1.54, 1.807) is 49.4 Å². The lowest BCUT2D eigenvalue weighted by atomic mass is 9.97. The van der Waals surface area contributed by atoms with Crippen LogP contribution in [0.2, 0.25) is 0 Å². The van der Waals surface area contributed by atoms with Crippen molar-refractivity contribution in [1.29, 1.82) is 0 Å². The Hall–Kier alpha value is -3.90. The molecule has 0 radical (unpaired) electrons. The van der Waals surface area contributed by atoms with Crippen LogP contribution >= 0.6 is 0 Å². The van der Waals surface area contributed by atoms with Gasteiger partial charge < -0.3 is 16.4 Å². The first-order chi connectivity index (χ1) is 18.1. The number of primary amides is 1. The van der Waals surface area contributed by atoms with Crippen LogP contribution in [-0.4, -0.2) is 42.0 Å². The Labute approximate surface area is 220 Å². The van der Waals surface area contributed by atoms with Crippen LogP contribution in [0.25, 0.3) is 0 Å². The standard InChI is InChI=1S/C23H23F3N4O3.C3H5F3/c1-13-6-5-9-16-18(13)29-22(33)20(28-19(16)14-7-3-2-4-8-14)30-21(32)15(12-17(27)31)10-11-23(24,25)26;1-2-3(4,5)6/h2-9,15,20H,10-12H2,1H3,(H2,27,31)(H,29,33)(H,30,32);2H2,1H3. The van der Waals surface area contributed by atoms with E-state index in [0.717, 1.165) is 12.5 Å². The molecule has 0 saturated heterocycles. The van der Waals surface area contributed by atoms with Crippen LogP contribution < -0.4 is 16.4 Å². The molecule has 0 fully saturated rings. The molecule has 0 saturated carbocycles. The Bertz CT molecular complexity index is 1200. The van der Waals surface area contributed by atoms with Gasteiger partial charge in [-0.05, 0) is 18.9 Å². The number of nitrogens with one attached hydrogen (secondary N) is 2. The molecule has 1 aliphatic heterocycles. The van der Waals surface area contributed by atoms with E-state index < -0.39 is 67.8 Å². The van der Waals surface area contributed by atoms with E-state index in [9.17, 15) is 40.7 Å². The number of nitrogens with two attached hydrogens (primary N) is 1. The van der Waals surface area contributed by atoms with Crippen LogP contribution in [0.3, 0.4) is 0 Å². The minimum Gasteiger partial charge on any atom is -0.370 e. The van der Waals surface area contributed by atoms with Gasteiger partial charge >= 0.3 is 12.4 Å². The van der Waals surface area contributed by atoms with Gasteiger partial charge in [0.25, 0.3) is 5.91 Å². The maximum Gasteiger partial charge on any atom is 0.389 e. The molecule has 1 aliphatic rings. The van der Waals surface area contributed by atoms with Crippen molar-refractivity contribution in [3.05, 3.63) is 65.2 Å². The molecule has 39 heavy (non-hydrogen) atoms. The van der Waals surface area contributed by atoms with E-state index in [1.807, 2.05) is 6.07 Å². The summed E-state index contributed by atoms with van der Waals surface area (Å²) < 4.78 is 70.4. The highest BCUT2D eigenvalue weighted by atomic mass is 19.4. The molecule has 4 N–H and O–H groups in total. The van der Waals surface area contributed by atoms with Crippen molar-refractivity contribution in [2.45, 2.75) is 58.0 Å². The fourth-order valence-corrected chi connectivity index (χ4v) is 3.56. The van der Waals surface area contributed by atoms with Crippen molar-refractivity contribution >= 4 is 29.1 Å². The molecule has 2 aromatic rings. The molecule has 0 aliphatic carbocycles. The van der Waals surface area contributed by atoms with E-state index in [1.165, 1.54) is 0 Å². The van der Waals surface area contributed by atoms with E-state index in [-0.39, 0.29) is 0 Å². The summed E-state index contributed by atoms with van der Waals surface area (Å²) in [5, 5.41) is 5.13. The number of benzodiazepines with no additional fused rings is 1. The van der Waals surface area contributed by atoms with E-state index in [2.05, 4.69) is 15.6 Å². The van der Waals surface area contributed by atoms with Crippen LogP contribution in [0.15, 0.2) is 53.5 Å². The van der Waals surface area contributed by atoms with Gasteiger partial charge in [-0.2, -0.15) is 26.3 Å². The minimum atomic E-state index is -4.51. The zero-order valence-electron chi connectivity index (χ0n) is 21.1. The highest BCUT2D eigenvalue weighted by Crippen LogP contribution is 2.28. The zero-order chi connectivity index (χ0) is 29.4. The molecule has 2 atom stereocenters. The number of alkyl halides is 6. The summed E-state index contributed by atoms with van der Waals surface area (Å²) >= 11 is 0. The molecule has 2 aromatic carbocycles. The highest BCUT2D eigenvalue weighted by Gasteiger charge is 2.34. The van der Waals surface area contributed by atoms with E-state index in [0.29, 0.717) is 22.5 Å². The zero-order valence-corrected chi connectivity index (χ0v) is 21.1. The number of carbonyl (C=O) groups excluding carboxylic acids is 3. The number of hydrogen-bond donors (Lipinski definition) is 3. The first-order valence-corrected chi connectivity index (χ1v) is 11.9. The topological polar surface area (TPSA) is 114 Å². The molecule has 3 rings (SSSR count). The molecule has 212 valence electrons. The number of fused-ring (bicyclic) bond motifs is 1. The number of aliphatic imine (C=N–C) groups is 1. The van der Waals surface area contributed by atoms with Crippen molar-refractivity contribution in [2.75, 3.05) is 5.32 Å². The summed E-state index contributed by atoms with van der Waals surface area (Å²) in [6.07, 6.45) is -13.1. The fraction of sp³-hybridized carbons (Fsp3) is 0.385. The van der Waals surface area contributed by atoms with E-state index >= 15 is 0 Å². The molecular weight excluding hydrogens is 530 g/mol. The number of anilines is 1. The van der Waals surface area contributed by atoms with Gasteiger partial charge in [-0.25, -0.2) is 4.99 Å². The maximum atomic E-state index is 12.9. The Kier molecular flexibility index (Phi) is 10.6. The van der Waals surface area contributed by atoms with Crippen LogP contribution in [-0.2, 0) is 14.4 Å². The van der Waals surface area contributed by atoms with Gasteiger partial charge in [-0.15, -0.1) is 0 Å². The molecule has 2 unspecified atom stereocenters. The predicted octanol–water partition coefficient (Wildman–Crippen LogP) is 5.02. The van der Waals surface area contributed by atoms with Crippen molar-refractivity contribution in [3.63, 3.8) is 0 Å². The molecule has 13 heteroatoms. The normalized spacial score (nSPS) is 15.9. The number of aryl methyl sites for hydroxylation is 1. The Morgan fingerprint density at radius 2 is 1.64 bits per heavy atom. The van der Waals surface area contributed by atoms with Gasteiger partial charge in [0.1, 0.15) is 0 Å². The second kappa shape index (κ2) is 13.3. The summed E-state index contributed by atoms with van der Waals surface area (Å²) in [6.45, 7) is 2.89. The number of hydrogen-bond acceptors (Lipinski definition) is 4. The second-order valence-corrected chi connectivity index (χ2v) is 8.73. The quantitative estimate of drug-likeness (QED) is 0.415. The first-order valence-electron chi connectivity index (χ1n) is 11.9. The Balaban J connectivity index is 0.000000798. The van der Waals surface area contributed by atoms with Crippen LogP contribution in [0, 0.1) is 12.8 Å². The SMILES string of the molecule is CCC(F)(F)F.Cc1cccc2c1NC(=O)C(NC(=O)C(CCC(F)(F)F)CC(N)=O)N=C2c1ccccc1. The Morgan fingerprint density at radius 1 is 1.03 bits per heavy atom. The van der Waals surface area contributed by atoms with Crippen LogP contribution in [0.1, 0.15) is 49.3 Å².